The van der Waals surface area contributed by atoms with Crippen LogP contribution in [0.4, 0.5) is 0 Å². The van der Waals surface area contributed by atoms with Gasteiger partial charge in [0.1, 0.15) is 6.33 Å². The van der Waals surface area contributed by atoms with Crippen LogP contribution in [-0.4, -0.2) is 16.1 Å². The van der Waals surface area contributed by atoms with Gasteiger partial charge in [0.2, 0.25) is 0 Å². The molecule has 1 aromatic carbocycles. The van der Waals surface area contributed by atoms with Gasteiger partial charge in [-0.2, -0.15) is 0 Å². The molecule has 0 aliphatic rings. The van der Waals surface area contributed by atoms with Crippen molar-refractivity contribution in [1.82, 2.24) is 9.55 Å². The third kappa shape index (κ3) is 3.71. The molecule has 1 heterocycles. The highest BCUT2D eigenvalue weighted by Crippen LogP contribution is 2.15. The maximum atomic E-state index is 12.6. The van der Waals surface area contributed by atoms with E-state index < -0.39 is 0 Å². The zero-order valence-electron chi connectivity index (χ0n) is 13.2. The summed E-state index contributed by atoms with van der Waals surface area (Å²) in [6.45, 7) is 4.72. The van der Waals surface area contributed by atoms with Gasteiger partial charge in [0.15, 0.2) is 0 Å². The van der Waals surface area contributed by atoms with Crippen LogP contribution in [0.2, 0.25) is 0 Å². The van der Waals surface area contributed by atoms with Crippen molar-refractivity contribution in [3.8, 4) is 0 Å². The van der Waals surface area contributed by atoms with E-state index in [0.717, 1.165) is 30.5 Å². The highest BCUT2D eigenvalue weighted by molar-refractivity contribution is 5.77. The fourth-order valence-electron chi connectivity index (χ4n) is 2.33. The molecule has 2 aromatic rings. The molecule has 0 fully saturated rings. The van der Waals surface area contributed by atoms with Crippen molar-refractivity contribution in [1.29, 1.82) is 0 Å². The molecule has 22 heavy (non-hydrogen) atoms. The van der Waals surface area contributed by atoms with Crippen LogP contribution in [0.3, 0.4) is 0 Å². The van der Waals surface area contributed by atoms with Crippen molar-refractivity contribution in [2.75, 3.05) is 6.54 Å². The van der Waals surface area contributed by atoms with Crippen molar-refractivity contribution in [2.24, 2.45) is 5.73 Å². The zero-order chi connectivity index (χ0) is 15.9. The van der Waals surface area contributed by atoms with Crippen LogP contribution in [-0.2, 0) is 0 Å². The second-order valence-corrected chi connectivity index (χ2v) is 5.39. The Balaban J connectivity index is 2.24. The Labute approximate surface area is 131 Å². The molecule has 0 aliphatic carbocycles. The van der Waals surface area contributed by atoms with Crippen molar-refractivity contribution in [2.45, 2.75) is 33.1 Å². The van der Waals surface area contributed by atoms with Gasteiger partial charge in [-0.25, -0.2) is 4.98 Å². The molecule has 0 atom stereocenters. The number of nitrogens with zero attached hydrogens (tertiary/aromatic N) is 2. The van der Waals surface area contributed by atoms with Crippen LogP contribution < -0.4 is 11.3 Å². The summed E-state index contributed by atoms with van der Waals surface area (Å²) in [5.41, 5.74) is 8.32. The minimum absolute atomic E-state index is 0.0128. The van der Waals surface area contributed by atoms with E-state index in [9.17, 15) is 4.79 Å². The summed E-state index contributed by atoms with van der Waals surface area (Å²) < 4.78 is 1.64. The summed E-state index contributed by atoms with van der Waals surface area (Å²) in [5.74, 6) is 0. The highest BCUT2D eigenvalue weighted by Gasteiger charge is 2.06. The Hall–Kier alpha value is -2.20. The van der Waals surface area contributed by atoms with Crippen molar-refractivity contribution in [3.05, 3.63) is 58.7 Å². The number of hydrogen-bond donors (Lipinski definition) is 1. The Morgan fingerprint density at radius 1 is 1.23 bits per heavy atom. The molecular weight excluding hydrogens is 274 g/mol. The number of aromatic nitrogens is 2. The summed E-state index contributed by atoms with van der Waals surface area (Å²) >= 11 is 0. The maximum Gasteiger partial charge on any atom is 0.265 e. The predicted molar refractivity (Wildman–Crippen MR) is 92.6 cm³/mol. The summed E-state index contributed by atoms with van der Waals surface area (Å²) in [4.78, 5) is 16.9. The Morgan fingerprint density at radius 3 is 2.73 bits per heavy atom. The van der Waals surface area contributed by atoms with Crippen LogP contribution in [0.25, 0.3) is 16.6 Å². The molecule has 0 aliphatic heterocycles. The molecule has 0 bridgehead atoms. The van der Waals surface area contributed by atoms with E-state index in [2.05, 4.69) is 24.1 Å². The first-order valence-electron chi connectivity index (χ1n) is 7.63. The van der Waals surface area contributed by atoms with Gasteiger partial charge in [-0.1, -0.05) is 29.9 Å². The van der Waals surface area contributed by atoms with Gasteiger partial charge in [0, 0.05) is 5.70 Å². The summed E-state index contributed by atoms with van der Waals surface area (Å²) in [6, 6.07) is 7.43. The number of hydrogen-bond acceptors (Lipinski definition) is 3. The summed E-state index contributed by atoms with van der Waals surface area (Å²) in [6.07, 6.45) is 8.66. The lowest BCUT2D eigenvalue weighted by Crippen LogP contribution is -2.19. The highest BCUT2D eigenvalue weighted by atomic mass is 16.1. The van der Waals surface area contributed by atoms with Crippen LogP contribution in [0.15, 0.2) is 53.1 Å². The molecule has 2 rings (SSSR count). The molecule has 116 valence electrons. The molecule has 0 radical (unpaired) electrons. The van der Waals surface area contributed by atoms with Gasteiger partial charge in [0.25, 0.3) is 5.56 Å². The van der Waals surface area contributed by atoms with Gasteiger partial charge in [-0.3, -0.25) is 9.36 Å². The molecule has 0 saturated carbocycles. The minimum atomic E-state index is -0.0128. The largest absolute Gasteiger partial charge is 0.330 e. The fourth-order valence-corrected chi connectivity index (χ4v) is 2.33. The first-order chi connectivity index (χ1) is 10.6. The van der Waals surface area contributed by atoms with Gasteiger partial charge in [-0.05, 0) is 51.8 Å². The van der Waals surface area contributed by atoms with Crippen LogP contribution in [0.1, 0.15) is 33.1 Å². The number of benzene rings is 1. The maximum absolute atomic E-state index is 12.6. The monoisotopic (exact) mass is 297 g/mol. The minimum Gasteiger partial charge on any atom is -0.330 e. The van der Waals surface area contributed by atoms with E-state index in [0.29, 0.717) is 11.9 Å². The average molecular weight is 297 g/mol. The number of fused-ring (bicyclic) bond motifs is 1. The SMILES string of the molecule is CC(CCC=CCCN)=C(C)n1cnc2ccccc2c1=O. The van der Waals surface area contributed by atoms with Crippen LogP contribution >= 0.6 is 0 Å². The quantitative estimate of drug-likeness (QED) is 0.832. The van der Waals surface area contributed by atoms with Crippen LogP contribution in [0.5, 0.6) is 0 Å². The number of para-hydroxylation sites is 1. The normalized spacial score (nSPS) is 12.9. The summed E-state index contributed by atoms with van der Waals surface area (Å²) in [5, 5.41) is 0.653. The fraction of sp³-hybridized carbons (Fsp3) is 0.333. The molecular formula is C18H23N3O. The molecule has 4 heteroatoms. The van der Waals surface area contributed by atoms with Crippen molar-refractivity contribution in [3.63, 3.8) is 0 Å². The molecule has 0 unspecified atom stereocenters. The lowest BCUT2D eigenvalue weighted by molar-refractivity contribution is 0.910. The van der Waals surface area contributed by atoms with E-state index in [1.54, 1.807) is 10.9 Å². The van der Waals surface area contributed by atoms with E-state index in [1.165, 1.54) is 5.57 Å². The molecule has 2 N–H and O–H groups in total. The second-order valence-electron chi connectivity index (χ2n) is 5.39. The molecule has 4 nitrogen and oxygen atoms in total. The predicted octanol–water partition coefficient (Wildman–Crippen LogP) is 3.33. The van der Waals surface area contributed by atoms with Gasteiger partial charge in [0.05, 0.1) is 10.9 Å². The molecule has 0 saturated heterocycles. The average Bonchev–Trinajstić information content (AvgIpc) is 2.54. The van der Waals surface area contributed by atoms with E-state index in [4.69, 9.17) is 5.73 Å². The number of nitrogens with two attached hydrogens (primary N) is 1. The lowest BCUT2D eigenvalue weighted by Gasteiger charge is -2.10. The van der Waals surface area contributed by atoms with Crippen LogP contribution in [0, 0.1) is 0 Å². The molecule has 0 spiro atoms. The summed E-state index contributed by atoms with van der Waals surface area (Å²) in [7, 11) is 0. The topological polar surface area (TPSA) is 60.9 Å². The Bertz CT molecular complexity index is 756. The number of rotatable bonds is 6. The Morgan fingerprint density at radius 2 is 1.95 bits per heavy atom. The zero-order valence-corrected chi connectivity index (χ0v) is 13.2. The first-order valence-corrected chi connectivity index (χ1v) is 7.63. The number of allylic oxidation sites excluding steroid dienone is 3. The van der Waals surface area contributed by atoms with Gasteiger partial charge < -0.3 is 5.73 Å². The Kier molecular flexibility index (Phi) is 5.67. The van der Waals surface area contributed by atoms with E-state index in [1.807, 2.05) is 31.2 Å². The third-order valence-corrected chi connectivity index (χ3v) is 3.83. The lowest BCUT2D eigenvalue weighted by atomic mass is 10.1. The van der Waals surface area contributed by atoms with E-state index >= 15 is 0 Å². The van der Waals surface area contributed by atoms with Gasteiger partial charge >= 0.3 is 0 Å². The second kappa shape index (κ2) is 7.71. The standard InChI is InChI=1S/C18H23N3O/c1-14(9-5-3-4-8-12-19)15(2)21-13-20-17-11-7-6-10-16(17)18(21)22/h3-4,6-7,10-11,13H,5,8-9,12,19H2,1-2H3. The third-order valence-electron chi connectivity index (χ3n) is 3.83. The molecule has 0 amide bonds. The van der Waals surface area contributed by atoms with E-state index in [-0.39, 0.29) is 5.56 Å². The van der Waals surface area contributed by atoms with Crippen molar-refractivity contribution < 1.29 is 0 Å². The smallest absolute Gasteiger partial charge is 0.265 e. The first kappa shape index (κ1) is 16.2. The van der Waals surface area contributed by atoms with Gasteiger partial charge in [-0.15, -0.1) is 0 Å². The van der Waals surface area contributed by atoms with Crippen molar-refractivity contribution >= 4 is 16.6 Å². The molecule has 1 aromatic heterocycles.